The lowest BCUT2D eigenvalue weighted by molar-refractivity contribution is -0.127. The number of aryl methyl sites for hydroxylation is 1. The van der Waals surface area contributed by atoms with Crippen LogP contribution in [0.2, 0.25) is 5.02 Å². The number of amides is 1. The van der Waals surface area contributed by atoms with Crippen molar-refractivity contribution in [2.24, 2.45) is 5.10 Å². The van der Waals surface area contributed by atoms with E-state index >= 15 is 0 Å². The molecule has 25 heavy (non-hydrogen) atoms. The molecule has 0 bridgehead atoms. The summed E-state index contributed by atoms with van der Waals surface area (Å²) < 4.78 is 5.81. The first-order chi connectivity index (χ1) is 11.9. The van der Waals surface area contributed by atoms with E-state index < -0.39 is 6.10 Å². The number of hydrazone groups is 1. The van der Waals surface area contributed by atoms with E-state index in [-0.39, 0.29) is 5.91 Å². The van der Waals surface area contributed by atoms with Gasteiger partial charge in [-0.3, -0.25) is 4.79 Å². The van der Waals surface area contributed by atoms with Crippen molar-refractivity contribution >= 4 is 23.7 Å². The molecule has 0 heterocycles. The van der Waals surface area contributed by atoms with Gasteiger partial charge in [-0.2, -0.15) is 5.10 Å². The van der Waals surface area contributed by atoms with E-state index in [1.54, 1.807) is 25.3 Å². The number of benzene rings is 2. The Morgan fingerprint density at radius 2 is 1.84 bits per heavy atom. The van der Waals surface area contributed by atoms with Crippen LogP contribution in [0.5, 0.6) is 5.75 Å². The zero-order valence-corrected chi connectivity index (χ0v) is 15.7. The molecule has 0 aromatic heterocycles. The molecule has 0 aliphatic carbocycles. The summed E-state index contributed by atoms with van der Waals surface area (Å²) >= 11 is 5.83. The molecule has 0 fully saturated rings. The van der Waals surface area contributed by atoms with Crippen molar-refractivity contribution < 1.29 is 9.53 Å². The Balaban J connectivity index is 1.96. The summed E-state index contributed by atoms with van der Waals surface area (Å²) in [6.45, 7) is 7.91. The van der Waals surface area contributed by atoms with Crippen LogP contribution < -0.4 is 10.2 Å². The summed E-state index contributed by atoms with van der Waals surface area (Å²) in [6.07, 6.45) is 0.912. The second-order valence-corrected chi connectivity index (χ2v) is 6.66. The van der Waals surface area contributed by atoms with Gasteiger partial charge >= 0.3 is 0 Å². The Bertz CT molecular complexity index is 755. The predicted molar refractivity (Wildman–Crippen MR) is 103 cm³/mol. The molecule has 0 spiro atoms. The SMILES string of the molecule is Cc1ccc(C(C)C)cc1OC(C)C(=O)N/N=C/c1ccc(Cl)cc1. The highest BCUT2D eigenvalue weighted by atomic mass is 35.5. The second kappa shape index (κ2) is 8.67. The molecule has 1 unspecified atom stereocenters. The topological polar surface area (TPSA) is 50.7 Å². The van der Waals surface area contributed by atoms with Crippen molar-refractivity contribution in [1.82, 2.24) is 5.43 Å². The smallest absolute Gasteiger partial charge is 0.280 e. The monoisotopic (exact) mass is 358 g/mol. The molecule has 0 saturated carbocycles. The number of hydrogen-bond acceptors (Lipinski definition) is 3. The van der Waals surface area contributed by atoms with Crippen molar-refractivity contribution in [3.05, 3.63) is 64.2 Å². The number of nitrogens with one attached hydrogen (secondary N) is 1. The number of carbonyl (C=O) groups is 1. The van der Waals surface area contributed by atoms with E-state index in [2.05, 4.69) is 30.4 Å². The number of nitrogens with zero attached hydrogens (tertiary/aromatic N) is 1. The summed E-state index contributed by atoms with van der Waals surface area (Å²) in [5.41, 5.74) is 5.51. The van der Waals surface area contributed by atoms with Gasteiger partial charge < -0.3 is 4.74 Å². The maximum Gasteiger partial charge on any atom is 0.280 e. The van der Waals surface area contributed by atoms with Gasteiger partial charge in [-0.15, -0.1) is 0 Å². The molecule has 0 aliphatic rings. The van der Waals surface area contributed by atoms with Crippen molar-refractivity contribution in [2.45, 2.75) is 39.7 Å². The van der Waals surface area contributed by atoms with Gasteiger partial charge in [0.25, 0.3) is 5.91 Å². The average molecular weight is 359 g/mol. The van der Waals surface area contributed by atoms with E-state index in [1.807, 2.05) is 31.2 Å². The van der Waals surface area contributed by atoms with E-state index in [0.29, 0.717) is 10.9 Å². The van der Waals surface area contributed by atoms with Crippen LogP contribution in [-0.2, 0) is 4.79 Å². The number of carbonyl (C=O) groups excluding carboxylic acids is 1. The predicted octanol–water partition coefficient (Wildman–Crippen LogP) is 4.69. The summed E-state index contributed by atoms with van der Waals surface area (Å²) in [6, 6.07) is 13.2. The fourth-order valence-corrected chi connectivity index (χ4v) is 2.28. The Labute approximate surface area is 153 Å². The molecule has 5 heteroatoms. The summed E-state index contributed by atoms with van der Waals surface area (Å²) in [5.74, 6) is 0.811. The van der Waals surface area contributed by atoms with Gasteiger partial charge in [0.2, 0.25) is 0 Å². The van der Waals surface area contributed by atoms with E-state index in [1.165, 1.54) is 5.56 Å². The fourth-order valence-electron chi connectivity index (χ4n) is 2.16. The quantitative estimate of drug-likeness (QED) is 0.601. The van der Waals surface area contributed by atoms with E-state index in [4.69, 9.17) is 16.3 Å². The number of rotatable bonds is 6. The lowest BCUT2D eigenvalue weighted by atomic mass is 10.0. The van der Waals surface area contributed by atoms with Gasteiger partial charge in [0, 0.05) is 5.02 Å². The van der Waals surface area contributed by atoms with E-state index in [9.17, 15) is 4.79 Å². The Morgan fingerprint density at radius 3 is 2.48 bits per heavy atom. The van der Waals surface area contributed by atoms with Gasteiger partial charge in [-0.25, -0.2) is 5.43 Å². The van der Waals surface area contributed by atoms with E-state index in [0.717, 1.165) is 16.9 Å². The molecule has 2 aromatic rings. The van der Waals surface area contributed by atoms with Crippen LogP contribution in [0.4, 0.5) is 0 Å². The zero-order chi connectivity index (χ0) is 18.4. The first kappa shape index (κ1) is 19.0. The molecule has 1 amide bonds. The highest BCUT2D eigenvalue weighted by molar-refractivity contribution is 6.30. The van der Waals surface area contributed by atoms with Crippen LogP contribution in [0.15, 0.2) is 47.6 Å². The third kappa shape index (κ3) is 5.61. The number of hydrogen-bond donors (Lipinski definition) is 1. The lowest BCUT2D eigenvalue weighted by Crippen LogP contribution is -2.33. The molecule has 132 valence electrons. The van der Waals surface area contributed by atoms with Crippen molar-refractivity contribution in [3.8, 4) is 5.75 Å². The molecular weight excluding hydrogens is 336 g/mol. The number of ether oxygens (including phenoxy) is 1. The molecule has 2 rings (SSSR count). The minimum atomic E-state index is -0.650. The lowest BCUT2D eigenvalue weighted by Gasteiger charge is -2.16. The van der Waals surface area contributed by atoms with Crippen LogP contribution >= 0.6 is 11.6 Å². The van der Waals surface area contributed by atoms with Gasteiger partial charge in [0.05, 0.1) is 6.21 Å². The molecule has 2 aromatic carbocycles. The summed E-state index contributed by atoms with van der Waals surface area (Å²) in [5, 5.41) is 4.61. The fraction of sp³-hybridized carbons (Fsp3) is 0.300. The molecule has 0 radical (unpaired) electrons. The standard InChI is InChI=1S/C20H23ClN2O2/c1-13(2)17-8-5-14(3)19(11-17)25-15(4)20(24)23-22-12-16-6-9-18(21)10-7-16/h5-13,15H,1-4H3,(H,23,24)/b22-12+. The summed E-state index contributed by atoms with van der Waals surface area (Å²) in [7, 11) is 0. The molecule has 1 atom stereocenters. The van der Waals surface area contributed by atoms with Gasteiger partial charge in [0.15, 0.2) is 6.10 Å². The second-order valence-electron chi connectivity index (χ2n) is 6.23. The maximum atomic E-state index is 12.2. The molecule has 0 aliphatic heterocycles. The summed E-state index contributed by atoms with van der Waals surface area (Å²) in [4.78, 5) is 12.2. The first-order valence-corrected chi connectivity index (χ1v) is 8.60. The largest absolute Gasteiger partial charge is 0.481 e. The van der Waals surface area contributed by atoms with Crippen LogP contribution in [0.3, 0.4) is 0 Å². The number of halogens is 1. The minimum Gasteiger partial charge on any atom is -0.481 e. The maximum absolute atomic E-state index is 12.2. The normalized spacial score (nSPS) is 12.4. The zero-order valence-electron chi connectivity index (χ0n) is 14.9. The third-order valence-corrected chi connectivity index (χ3v) is 4.06. The van der Waals surface area contributed by atoms with Crippen molar-refractivity contribution in [3.63, 3.8) is 0 Å². The average Bonchev–Trinajstić information content (AvgIpc) is 2.58. The Morgan fingerprint density at radius 1 is 1.16 bits per heavy atom. The molecule has 4 nitrogen and oxygen atoms in total. The molecule has 0 saturated heterocycles. The van der Waals surface area contributed by atoms with Crippen LogP contribution in [0.25, 0.3) is 0 Å². The minimum absolute atomic E-state index is 0.306. The Kier molecular flexibility index (Phi) is 6.59. The van der Waals surface area contributed by atoms with Crippen LogP contribution in [0, 0.1) is 6.92 Å². The van der Waals surface area contributed by atoms with Crippen LogP contribution in [-0.4, -0.2) is 18.2 Å². The highest BCUT2D eigenvalue weighted by Gasteiger charge is 2.15. The Hall–Kier alpha value is -2.33. The van der Waals surface area contributed by atoms with Gasteiger partial charge in [0.1, 0.15) is 5.75 Å². The molecular formula is C20H23ClN2O2. The third-order valence-electron chi connectivity index (χ3n) is 3.81. The molecule has 1 N–H and O–H groups in total. The highest BCUT2D eigenvalue weighted by Crippen LogP contribution is 2.25. The van der Waals surface area contributed by atoms with Crippen molar-refractivity contribution in [1.29, 1.82) is 0 Å². The van der Waals surface area contributed by atoms with Crippen molar-refractivity contribution in [2.75, 3.05) is 0 Å². The first-order valence-electron chi connectivity index (χ1n) is 8.22. The van der Waals surface area contributed by atoms with Crippen LogP contribution in [0.1, 0.15) is 43.4 Å². The van der Waals surface area contributed by atoms with Gasteiger partial charge in [-0.05, 0) is 54.7 Å². The van der Waals surface area contributed by atoms with Gasteiger partial charge in [-0.1, -0.05) is 49.7 Å².